The average molecular weight is 293 g/mol. The summed E-state index contributed by atoms with van der Waals surface area (Å²) in [5.41, 5.74) is 0. The van der Waals surface area contributed by atoms with Crippen molar-refractivity contribution in [3.8, 4) is 0 Å². The molecule has 2 aromatic rings. The number of benzene rings is 2. The zero-order valence-corrected chi connectivity index (χ0v) is 12.4. The molecule has 5 heteroatoms. The van der Waals surface area contributed by atoms with Crippen LogP contribution in [0.3, 0.4) is 0 Å². The molecule has 2 atom stereocenters. The van der Waals surface area contributed by atoms with Crippen LogP contribution in [-0.2, 0) is 10.0 Å². The van der Waals surface area contributed by atoms with Crippen LogP contribution < -0.4 is 4.72 Å². The number of aliphatic hydroxyl groups is 1. The van der Waals surface area contributed by atoms with Gasteiger partial charge in [-0.1, -0.05) is 43.3 Å². The Morgan fingerprint density at radius 1 is 1.10 bits per heavy atom. The maximum absolute atomic E-state index is 12.5. The molecule has 0 fully saturated rings. The van der Waals surface area contributed by atoms with Crippen LogP contribution in [0.1, 0.15) is 13.8 Å². The number of hydrogen-bond acceptors (Lipinski definition) is 3. The first kappa shape index (κ1) is 15.0. The number of aliphatic hydroxyl groups excluding tert-OH is 1. The Balaban J connectivity index is 2.42. The highest BCUT2D eigenvalue weighted by molar-refractivity contribution is 7.89. The molecule has 0 aromatic heterocycles. The van der Waals surface area contributed by atoms with E-state index < -0.39 is 10.0 Å². The van der Waals surface area contributed by atoms with E-state index in [1.165, 1.54) is 0 Å². The SMILES string of the molecule is C[C@@H](CO)[C@@H](C)NS(=O)(=O)c1cccc2ccccc12. The van der Waals surface area contributed by atoms with Crippen molar-refractivity contribution in [3.05, 3.63) is 42.5 Å². The Morgan fingerprint density at radius 2 is 1.75 bits per heavy atom. The van der Waals surface area contributed by atoms with Crippen LogP contribution in [0, 0.1) is 5.92 Å². The Kier molecular flexibility index (Phi) is 4.42. The van der Waals surface area contributed by atoms with Crippen molar-refractivity contribution < 1.29 is 13.5 Å². The summed E-state index contributed by atoms with van der Waals surface area (Å²) in [4.78, 5) is 0.271. The topological polar surface area (TPSA) is 66.4 Å². The molecule has 0 saturated heterocycles. The molecule has 4 nitrogen and oxygen atoms in total. The summed E-state index contributed by atoms with van der Waals surface area (Å²) in [5, 5.41) is 10.7. The third-order valence-corrected chi connectivity index (χ3v) is 5.14. The maximum atomic E-state index is 12.5. The van der Waals surface area contributed by atoms with Crippen LogP contribution in [0.25, 0.3) is 10.8 Å². The fourth-order valence-corrected chi connectivity index (χ4v) is 3.59. The fraction of sp³-hybridized carbons (Fsp3) is 0.333. The molecule has 0 radical (unpaired) electrons. The predicted octanol–water partition coefficient (Wildman–Crippen LogP) is 2.13. The molecule has 0 aliphatic heterocycles. The number of fused-ring (bicyclic) bond motifs is 1. The van der Waals surface area contributed by atoms with Crippen molar-refractivity contribution in [1.82, 2.24) is 4.72 Å². The molecule has 2 rings (SSSR count). The second-order valence-electron chi connectivity index (χ2n) is 5.05. The van der Waals surface area contributed by atoms with Crippen LogP contribution >= 0.6 is 0 Å². The first-order valence-electron chi connectivity index (χ1n) is 6.56. The molecule has 20 heavy (non-hydrogen) atoms. The van der Waals surface area contributed by atoms with Gasteiger partial charge in [-0.25, -0.2) is 13.1 Å². The van der Waals surface area contributed by atoms with Gasteiger partial charge < -0.3 is 5.11 Å². The lowest BCUT2D eigenvalue weighted by atomic mass is 10.1. The van der Waals surface area contributed by atoms with Gasteiger partial charge >= 0.3 is 0 Å². The van der Waals surface area contributed by atoms with Crippen molar-refractivity contribution in [2.24, 2.45) is 5.92 Å². The quantitative estimate of drug-likeness (QED) is 0.887. The highest BCUT2D eigenvalue weighted by atomic mass is 32.2. The lowest BCUT2D eigenvalue weighted by molar-refractivity contribution is 0.216. The van der Waals surface area contributed by atoms with Gasteiger partial charge in [-0.3, -0.25) is 0 Å². The van der Waals surface area contributed by atoms with E-state index in [2.05, 4.69) is 4.72 Å². The van der Waals surface area contributed by atoms with Crippen LogP contribution in [0.5, 0.6) is 0 Å². The Labute approximate surface area is 119 Å². The molecule has 0 unspecified atom stereocenters. The molecule has 0 spiro atoms. The standard InChI is InChI=1S/C15H19NO3S/c1-11(10-17)12(2)16-20(18,19)15-9-5-7-13-6-3-4-8-14(13)15/h3-9,11-12,16-17H,10H2,1-2H3/t11-,12+/m0/s1. The van der Waals surface area contributed by atoms with Gasteiger partial charge in [0, 0.05) is 18.0 Å². The molecule has 0 aliphatic carbocycles. The van der Waals surface area contributed by atoms with E-state index in [1.807, 2.05) is 24.3 Å². The zero-order valence-electron chi connectivity index (χ0n) is 11.6. The highest BCUT2D eigenvalue weighted by Gasteiger charge is 2.22. The van der Waals surface area contributed by atoms with Crippen molar-refractivity contribution in [2.45, 2.75) is 24.8 Å². The lowest BCUT2D eigenvalue weighted by Crippen LogP contribution is -2.38. The van der Waals surface area contributed by atoms with E-state index in [4.69, 9.17) is 5.11 Å². The Morgan fingerprint density at radius 3 is 2.45 bits per heavy atom. The second kappa shape index (κ2) is 5.91. The van der Waals surface area contributed by atoms with E-state index >= 15 is 0 Å². The Hall–Kier alpha value is -1.43. The van der Waals surface area contributed by atoms with Gasteiger partial charge in [0.2, 0.25) is 10.0 Å². The number of hydrogen-bond donors (Lipinski definition) is 2. The molecule has 0 heterocycles. The number of rotatable bonds is 5. The van der Waals surface area contributed by atoms with E-state index in [-0.39, 0.29) is 23.5 Å². The Bertz CT molecular complexity index is 692. The maximum Gasteiger partial charge on any atom is 0.241 e. The first-order chi connectivity index (χ1) is 9.45. The molecule has 2 aromatic carbocycles. The van der Waals surface area contributed by atoms with Gasteiger partial charge in [0.05, 0.1) is 4.90 Å². The summed E-state index contributed by atoms with van der Waals surface area (Å²) < 4.78 is 27.6. The number of nitrogens with one attached hydrogen (secondary N) is 1. The normalized spacial score (nSPS) is 15.2. The van der Waals surface area contributed by atoms with Crippen LogP contribution in [0.2, 0.25) is 0 Å². The second-order valence-corrected chi connectivity index (χ2v) is 6.73. The smallest absolute Gasteiger partial charge is 0.241 e. The molecular formula is C15H19NO3S. The minimum Gasteiger partial charge on any atom is -0.396 e. The van der Waals surface area contributed by atoms with Gasteiger partial charge in [-0.15, -0.1) is 0 Å². The molecule has 0 aliphatic rings. The highest BCUT2D eigenvalue weighted by Crippen LogP contribution is 2.23. The van der Waals surface area contributed by atoms with Crippen molar-refractivity contribution in [3.63, 3.8) is 0 Å². The zero-order chi connectivity index (χ0) is 14.8. The summed E-state index contributed by atoms with van der Waals surface area (Å²) >= 11 is 0. The third kappa shape index (κ3) is 3.00. The fourth-order valence-electron chi connectivity index (χ4n) is 2.01. The predicted molar refractivity (Wildman–Crippen MR) is 80.0 cm³/mol. The molecule has 0 amide bonds. The first-order valence-corrected chi connectivity index (χ1v) is 8.05. The van der Waals surface area contributed by atoms with E-state index in [1.54, 1.807) is 32.0 Å². The van der Waals surface area contributed by atoms with Gasteiger partial charge in [-0.05, 0) is 24.3 Å². The lowest BCUT2D eigenvalue weighted by Gasteiger charge is -2.19. The van der Waals surface area contributed by atoms with E-state index in [9.17, 15) is 8.42 Å². The van der Waals surface area contributed by atoms with E-state index in [0.717, 1.165) is 5.39 Å². The van der Waals surface area contributed by atoms with Crippen LogP contribution in [-0.4, -0.2) is 26.2 Å². The molecular weight excluding hydrogens is 274 g/mol. The number of sulfonamides is 1. The minimum atomic E-state index is -3.60. The third-order valence-electron chi connectivity index (χ3n) is 3.52. The van der Waals surface area contributed by atoms with Gasteiger partial charge in [0.1, 0.15) is 0 Å². The van der Waals surface area contributed by atoms with Crippen molar-refractivity contribution >= 4 is 20.8 Å². The molecule has 2 N–H and O–H groups in total. The van der Waals surface area contributed by atoms with Gasteiger partial charge in [-0.2, -0.15) is 0 Å². The minimum absolute atomic E-state index is 0.0563. The summed E-state index contributed by atoms with van der Waals surface area (Å²) in [6.07, 6.45) is 0. The average Bonchev–Trinajstić information content (AvgIpc) is 2.45. The summed E-state index contributed by atoms with van der Waals surface area (Å²) in [6, 6.07) is 12.3. The molecule has 108 valence electrons. The molecule has 0 bridgehead atoms. The summed E-state index contributed by atoms with van der Waals surface area (Å²) in [5.74, 6) is -0.139. The van der Waals surface area contributed by atoms with Crippen molar-refractivity contribution in [2.75, 3.05) is 6.61 Å². The summed E-state index contributed by atoms with van der Waals surface area (Å²) in [7, 11) is -3.60. The van der Waals surface area contributed by atoms with Gasteiger partial charge in [0.25, 0.3) is 0 Å². The summed E-state index contributed by atoms with van der Waals surface area (Å²) in [6.45, 7) is 3.50. The van der Waals surface area contributed by atoms with Crippen LogP contribution in [0.4, 0.5) is 0 Å². The van der Waals surface area contributed by atoms with Crippen molar-refractivity contribution in [1.29, 1.82) is 0 Å². The van der Waals surface area contributed by atoms with E-state index in [0.29, 0.717) is 5.39 Å². The molecule has 0 saturated carbocycles. The van der Waals surface area contributed by atoms with Gasteiger partial charge in [0.15, 0.2) is 0 Å². The van der Waals surface area contributed by atoms with Crippen LogP contribution in [0.15, 0.2) is 47.4 Å². The largest absolute Gasteiger partial charge is 0.396 e. The monoisotopic (exact) mass is 293 g/mol.